The number of aromatic carboxylic acids is 1. The Morgan fingerprint density at radius 1 is 1.33 bits per heavy atom. The number of hydrogen-bond acceptors (Lipinski definition) is 4. The second-order valence-corrected chi connectivity index (χ2v) is 5.83. The zero-order chi connectivity index (χ0) is 15.2. The zero-order valence-electron chi connectivity index (χ0n) is 12.2. The van der Waals surface area contributed by atoms with E-state index in [1.807, 2.05) is 0 Å². The number of carboxylic acids is 1. The molecule has 1 aromatic heterocycles. The molecule has 2 rings (SSSR count). The van der Waals surface area contributed by atoms with Crippen LogP contribution in [0.3, 0.4) is 0 Å². The minimum Gasteiger partial charge on any atom is -0.492 e. The summed E-state index contributed by atoms with van der Waals surface area (Å²) in [6, 6.07) is 11.0. The molecule has 2 aromatic rings. The van der Waals surface area contributed by atoms with Gasteiger partial charge >= 0.3 is 5.97 Å². The third kappa shape index (κ3) is 4.31. The van der Waals surface area contributed by atoms with Crippen LogP contribution in [0.4, 0.5) is 0 Å². The van der Waals surface area contributed by atoms with Crippen molar-refractivity contribution in [3.63, 3.8) is 0 Å². The number of nitrogens with zero attached hydrogens (tertiary/aromatic N) is 1. The van der Waals surface area contributed by atoms with Crippen LogP contribution in [0.25, 0.3) is 0 Å². The molecule has 0 aliphatic rings. The molecule has 112 valence electrons. The summed E-state index contributed by atoms with van der Waals surface area (Å²) in [7, 11) is 2.07. The summed E-state index contributed by atoms with van der Waals surface area (Å²) in [4.78, 5) is 14.3. The second kappa shape index (κ2) is 7.24. The molecule has 0 aliphatic heterocycles. The maximum atomic E-state index is 10.8. The number of hydrogen-bond donors (Lipinski definition) is 1. The molecule has 5 heteroatoms. The number of thiophene rings is 1. The first-order chi connectivity index (χ1) is 10.1. The Balaban J connectivity index is 1.79. The van der Waals surface area contributed by atoms with Gasteiger partial charge in [-0.2, -0.15) is 0 Å². The van der Waals surface area contributed by atoms with Crippen LogP contribution in [-0.2, 0) is 0 Å². The third-order valence-corrected chi connectivity index (χ3v) is 4.47. The van der Waals surface area contributed by atoms with E-state index < -0.39 is 5.97 Å². The molecule has 0 amide bonds. The number of benzene rings is 1. The number of rotatable bonds is 7. The Kier molecular flexibility index (Phi) is 5.36. The molecule has 1 unspecified atom stereocenters. The highest BCUT2D eigenvalue weighted by molar-refractivity contribution is 7.10. The number of likely N-dealkylation sites (N-methyl/N-ethyl adjacent to an activating group) is 1. The molecule has 0 radical (unpaired) electrons. The molecule has 1 N–H and O–H groups in total. The van der Waals surface area contributed by atoms with Gasteiger partial charge in [0.05, 0.1) is 5.56 Å². The lowest BCUT2D eigenvalue weighted by Crippen LogP contribution is -2.26. The van der Waals surface area contributed by atoms with Gasteiger partial charge in [-0.05, 0) is 49.7 Å². The van der Waals surface area contributed by atoms with Crippen LogP contribution in [0.15, 0.2) is 41.8 Å². The average Bonchev–Trinajstić information content (AvgIpc) is 3.01. The lowest BCUT2D eigenvalue weighted by molar-refractivity contribution is 0.0697. The highest BCUT2D eigenvalue weighted by Gasteiger charge is 2.12. The summed E-state index contributed by atoms with van der Waals surface area (Å²) >= 11 is 1.76. The van der Waals surface area contributed by atoms with Crippen molar-refractivity contribution in [2.75, 3.05) is 20.2 Å². The molecule has 0 aliphatic carbocycles. The lowest BCUT2D eigenvalue weighted by atomic mass is 10.2. The van der Waals surface area contributed by atoms with E-state index in [9.17, 15) is 4.79 Å². The quantitative estimate of drug-likeness (QED) is 0.850. The van der Waals surface area contributed by atoms with E-state index in [2.05, 4.69) is 36.4 Å². The van der Waals surface area contributed by atoms with Crippen LogP contribution in [0.5, 0.6) is 5.75 Å². The number of carboxylic acid groups (broad SMARTS) is 1. The fourth-order valence-corrected chi connectivity index (χ4v) is 2.79. The Bertz CT molecular complexity index is 566. The molecular formula is C16H19NO3S. The molecule has 0 fully saturated rings. The van der Waals surface area contributed by atoms with Crippen LogP contribution in [0.1, 0.15) is 28.2 Å². The topological polar surface area (TPSA) is 49.8 Å². The first-order valence-electron chi connectivity index (χ1n) is 6.77. The zero-order valence-corrected chi connectivity index (χ0v) is 13.0. The van der Waals surface area contributed by atoms with Crippen LogP contribution in [-0.4, -0.2) is 36.2 Å². The predicted molar refractivity (Wildman–Crippen MR) is 84.3 cm³/mol. The number of carbonyl (C=O) groups is 1. The second-order valence-electron chi connectivity index (χ2n) is 4.85. The smallest absolute Gasteiger partial charge is 0.335 e. The Hall–Kier alpha value is -1.85. The third-order valence-electron chi connectivity index (χ3n) is 3.43. The molecule has 4 nitrogen and oxygen atoms in total. The fourth-order valence-electron chi connectivity index (χ4n) is 1.94. The molecule has 1 atom stereocenters. The molecule has 0 saturated carbocycles. The maximum Gasteiger partial charge on any atom is 0.335 e. The van der Waals surface area contributed by atoms with E-state index >= 15 is 0 Å². The summed E-state index contributed by atoms with van der Waals surface area (Å²) in [5, 5.41) is 10.9. The van der Waals surface area contributed by atoms with Crippen molar-refractivity contribution in [3.05, 3.63) is 52.2 Å². The largest absolute Gasteiger partial charge is 0.492 e. The van der Waals surface area contributed by atoms with Gasteiger partial charge < -0.3 is 9.84 Å². The highest BCUT2D eigenvalue weighted by atomic mass is 32.1. The van der Waals surface area contributed by atoms with Gasteiger partial charge in [0.1, 0.15) is 12.4 Å². The van der Waals surface area contributed by atoms with Crippen molar-refractivity contribution in [1.82, 2.24) is 4.90 Å². The summed E-state index contributed by atoms with van der Waals surface area (Å²) in [5.41, 5.74) is 0.269. The lowest BCUT2D eigenvalue weighted by Gasteiger charge is -2.23. The Labute approximate surface area is 128 Å². The monoisotopic (exact) mass is 305 g/mol. The SMILES string of the molecule is CC(c1cccs1)N(C)CCOc1ccc(C(=O)O)cc1. The van der Waals surface area contributed by atoms with E-state index in [1.165, 1.54) is 4.88 Å². The number of ether oxygens (including phenoxy) is 1. The van der Waals surface area contributed by atoms with Crippen molar-refractivity contribution < 1.29 is 14.6 Å². The first-order valence-corrected chi connectivity index (χ1v) is 7.65. The molecule has 21 heavy (non-hydrogen) atoms. The van der Waals surface area contributed by atoms with Crippen molar-refractivity contribution >= 4 is 17.3 Å². The highest BCUT2D eigenvalue weighted by Crippen LogP contribution is 2.23. The molecule has 0 bridgehead atoms. The molecule has 0 spiro atoms. The van der Waals surface area contributed by atoms with Crippen LogP contribution < -0.4 is 4.74 Å². The van der Waals surface area contributed by atoms with Gasteiger partial charge in [-0.25, -0.2) is 4.79 Å². The van der Waals surface area contributed by atoms with Gasteiger partial charge in [0.2, 0.25) is 0 Å². The minimum atomic E-state index is -0.925. The van der Waals surface area contributed by atoms with Crippen molar-refractivity contribution in [2.45, 2.75) is 13.0 Å². The van der Waals surface area contributed by atoms with E-state index in [4.69, 9.17) is 9.84 Å². The van der Waals surface area contributed by atoms with Crippen molar-refractivity contribution in [3.8, 4) is 5.75 Å². The molecular weight excluding hydrogens is 286 g/mol. The van der Waals surface area contributed by atoms with E-state index in [1.54, 1.807) is 35.6 Å². The van der Waals surface area contributed by atoms with Crippen LogP contribution in [0, 0.1) is 0 Å². The molecule has 0 saturated heterocycles. The molecule has 1 aromatic carbocycles. The summed E-state index contributed by atoms with van der Waals surface area (Å²) < 4.78 is 5.65. The van der Waals surface area contributed by atoms with Crippen LogP contribution >= 0.6 is 11.3 Å². The minimum absolute atomic E-state index is 0.269. The average molecular weight is 305 g/mol. The normalized spacial score (nSPS) is 12.3. The first kappa shape index (κ1) is 15.5. The summed E-state index contributed by atoms with van der Waals surface area (Å²) in [6.07, 6.45) is 0. The van der Waals surface area contributed by atoms with Crippen LogP contribution in [0.2, 0.25) is 0 Å². The van der Waals surface area contributed by atoms with E-state index in [0.29, 0.717) is 18.4 Å². The van der Waals surface area contributed by atoms with Gasteiger partial charge in [-0.3, -0.25) is 4.90 Å². The fraction of sp³-hybridized carbons (Fsp3) is 0.312. The van der Waals surface area contributed by atoms with E-state index in [0.717, 1.165) is 6.54 Å². The summed E-state index contributed by atoms with van der Waals surface area (Å²) in [6.45, 7) is 3.55. The maximum absolute atomic E-state index is 10.8. The van der Waals surface area contributed by atoms with Crippen molar-refractivity contribution in [1.29, 1.82) is 0 Å². The summed E-state index contributed by atoms with van der Waals surface area (Å²) in [5.74, 6) is -0.233. The van der Waals surface area contributed by atoms with E-state index in [-0.39, 0.29) is 5.56 Å². The van der Waals surface area contributed by atoms with Gasteiger partial charge in [0.25, 0.3) is 0 Å². The van der Waals surface area contributed by atoms with Gasteiger partial charge in [0, 0.05) is 17.5 Å². The van der Waals surface area contributed by atoms with Gasteiger partial charge in [-0.15, -0.1) is 11.3 Å². The van der Waals surface area contributed by atoms with Crippen molar-refractivity contribution in [2.24, 2.45) is 0 Å². The standard InChI is InChI=1S/C16H19NO3S/c1-12(15-4-3-11-21-15)17(2)9-10-20-14-7-5-13(6-8-14)16(18)19/h3-8,11-12H,9-10H2,1-2H3,(H,18,19). The molecule has 1 heterocycles. The van der Waals surface area contributed by atoms with Gasteiger partial charge in [0.15, 0.2) is 0 Å². The predicted octanol–water partition coefficient (Wildman–Crippen LogP) is 3.52. The Morgan fingerprint density at radius 3 is 2.62 bits per heavy atom. The van der Waals surface area contributed by atoms with Gasteiger partial charge in [-0.1, -0.05) is 6.07 Å². The Morgan fingerprint density at radius 2 is 2.05 bits per heavy atom.